The maximum absolute atomic E-state index is 12.6. The second-order valence-electron chi connectivity index (χ2n) is 2.17. The summed E-state index contributed by atoms with van der Waals surface area (Å²) < 4.78 is 12.6. The summed E-state index contributed by atoms with van der Waals surface area (Å²) >= 11 is 3.14. The maximum Gasteiger partial charge on any atom is 0.124 e. The minimum Gasteiger partial charge on any atom is -0.398 e. The first kappa shape index (κ1) is 9.08. The van der Waals surface area contributed by atoms with Gasteiger partial charge in [0.15, 0.2) is 0 Å². The van der Waals surface area contributed by atoms with E-state index in [0.717, 1.165) is 0 Å². The number of nitrogen functional groups attached to an aromatic ring is 1. The fraction of sp³-hybridized carbons (Fsp3) is 0.111. The van der Waals surface area contributed by atoms with Gasteiger partial charge in [-0.15, -0.1) is 0 Å². The Balaban J connectivity index is 3.05. The Morgan fingerprint density at radius 2 is 2.25 bits per heavy atom. The molecule has 0 saturated carbocycles. The number of anilines is 1. The van der Waals surface area contributed by atoms with Crippen LogP contribution >= 0.6 is 15.9 Å². The summed E-state index contributed by atoms with van der Waals surface area (Å²) in [6.45, 7) is 0. The molecule has 0 aliphatic rings. The van der Waals surface area contributed by atoms with Crippen LogP contribution in [0.2, 0.25) is 0 Å². The van der Waals surface area contributed by atoms with Crippen molar-refractivity contribution in [3.63, 3.8) is 0 Å². The molecule has 1 nitrogen and oxygen atoms in total. The van der Waals surface area contributed by atoms with Crippen LogP contribution in [0.4, 0.5) is 10.1 Å². The third kappa shape index (κ3) is 2.24. The molecule has 0 amide bonds. The average Bonchev–Trinajstić information content (AvgIpc) is 2.07. The smallest absolute Gasteiger partial charge is 0.124 e. The summed E-state index contributed by atoms with van der Waals surface area (Å²) in [5.74, 6) is 5.18. The zero-order chi connectivity index (χ0) is 8.97. The van der Waals surface area contributed by atoms with Crippen molar-refractivity contribution in [2.45, 2.75) is 0 Å². The number of hydrogen-bond donors (Lipinski definition) is 1. The minimum absolute atomic E-state index is 0.317. The van der Waals surface area contributed by atoms with Gasteiger partial charge in [-0.3, -0.25) is 0 Å². The topological polar surface area (TPSA) is 26.0 Å². The van der Waals surface area contributed by atoms with E-state index in [9.17, 15) is 4.39 Å². The molecule has 0 saturated heterocycles. The molecule has 0 fully saturated rings. The first-order chi connectivity index (χ1) is 5.74. The predicted molar refractivity (Wildman–Crippen MR) is 51.5 cm³/mol. The molecule has 1 aromatic rings. The van der Waals surface area contributed by atoms with Crippen molar-refractivity contribution in [3.05, 3.63) is 29.6 Å². The monoisotopic (exact) mass is 227 g/mol. The van der Waals surface area contributed by atoms with Gasteiger partial charge in [-0.1, -0.05) is 27.8 Å². The van der Waals surface area contributed by atoms with E-state index in [1.165, 1.54) is 18.2 Å². The van der Waals surface area contributed by atoms with Crippen molar-refractivity contribution < 1.29 is 4.39 Å². The first-order valence-electron chi connectivity index (χ1n) is 3.34. The highest BCUT2D eigenvalue weighted by molar-refractivity contribution is 9.09. The lowest BCUT2D eigenvalue weighted by Crippen LogP contribution is -1.90. The number of hydrogen-bond acceptors (Lipinski definition) is 1. The van der Waals surface area contributed by atoms with E-state index in [1.54, 1.807) is 0 Å². The SMILES string of the molecule is Nc1ccc(F)cc1C#CCBr. The lowest BCUT2D eigenvalue weighted by atomic mass is 10.2. The number of benzene rings is 1. The van der Waals surface area contributed by atoms with E-state index in [0.29, 0.717) is 16.6 Å². The molecule has 0 aromatic heterocycles. The molecule has 0 atom stereocenters. The summed E-state index contributed by atoms with van der Waals surface area (Å²) in [4.78, 5) is 0. The molecule has 0 spiro atoms. The number of rotatable bonds is 0. The number of alkyl halides is 1. The molecule has 0 radical (unpaired) electrons. The van der Waals surface area contributed by atoms with Crippen LogP contribution < -0.4 is 5.73 Å². The molecule has 0 aliphatic heterocycles. The van der Waals surface area contributed by atoms with Crippen molar-refractivity contribution >= 4 is 21.6 Å². The third-order valence-electron chi connectivity index (χ3n) is 1.31. The van der Waals surface area contributed by atoms with Gasteiger partial charge in [0.1, 0.15) is 5.82 Å². The van der Waals surface area contributed by atoms with Gasteiger partial charge in [0.05, 0.1) is 10.9 Å². The first-order valence-corrected chi connectivity index (χ1v) is 4.46. The van der Waals surface area contributed by atoms with Gasteiger partial charge in [-0.2, -0.15) is 0 Å². The highest BCUT2D eigenvalue weighted by Crippen LogP contribution is 2.11. The lowest BCUT2D eigenvalue weighted by Gasteiger charge is -1.96. The molecule has 0 aliphatic carbocycles. The summed E-state index contributed by atoms with van der Waals surface area (Å²) in [6, 6.07) is 4.15. The zero-order valence-electron chi connectivity index (χ0n) is 6.27. The van der Waals surface area contributed by atoms with Crippen LogP contribution in [-0.2, 0) is 0 Å². The molecule has 1 rings (SSSR count). The summed E-state index contributed by atoms with van der Waals surface area (Å²) in [5.41, 5.74) is 6.59. The zero-order valence-corrected chi connectivity index (χ0v) is 7.86. The summed E-state index contributed by atoms with van der Waals surface area (Å²) in [6.07, 6.45) is 0. The molecule has 62 valence electrons. The van der Waals surface area contributed by atoms with Crippen molar-refractivity contribution in [2.75, 3.05) is 11.1 Å². The molecule has 2 N–H and O–H groups in total. The molecular formula is C9H7BrFN. The molecule has 3 heteroatoms. The number of halogens is 2. The fourth-order valence-electron chi connectivity index (χ4n) is 0.765. The highest BCUT2D eigenvalue weighted by Gasteiger charge is 1.96. The number of nitrogens with two attached hydrogens (primary N) is 1. The second kappa shape index (κ2) is 4.13. The van der Waals surface area contributed by atoms with Gasteiger partial charge in [-0.05, 0) is 18.2 Å². The van der Waals surface area contributed by atoms with Crippen molar-refractivity contribution in [3.8, 4) is 11.8 Å². The van der Waals surface area contributed by atoms with Gasteiger partial charge in [0.2, 0.25) is 0 Å². The van der Waals surface area contributed by atoms with Gasteiger partial charge < -0.3 is 5.73 Å². The van der Waals surface area contributed by atoms with Gasteiger partial charge in [-0.25, -0.2) is 4.39 Å². The van der Waals surface area contributed by atoms with Crippen LogP contribution in [0, 0.1) is 17.7 Å². The van der Waals surface area contributed by atoms with E-state index >= 15 is 0 Å². The molecular weight excluding hydrogens is 221 g/mol. The maximum atomic E-state index is 12.6. The Kier molecular flexibility index (Phi) is 3.12. The van der Waals surface area contributed by atoms with E-state index in [-0.39, 0.29) is 5.82 Å². The van der Waals surface area contributed by atoms with Gasteiger partial charge in [0.25, 0.3) is 0 Å². The Labute approximate surface area is 78.9 Å². The van der Waals surface area contributed by atoms with Crippen LogP contribution in [-0.4, -0.2) is 5.33 Å². The predicted octanol–water partition coefficient (Wildman–Crippen LogP) is 2.15. The molecule has 0 unspecified atom stereocenters. The van der Waals surface area contributed by atoms with E-state index < -0.39 is 0 Å². The fourth-order valence-corrected chi connectivity index (χ4v) is 0.906. The Hall–Kier alpha value is -1.01. The van der Waals surface area contributed by atoms with Crippen LogP contribution in [0.25, 0.3) is 0 Å². The molecule has 0 heterocycles. The summed E-state index contributed by atoms with van der Waals surface area (Å²) in [5, 5.41) is 0.558. The second-order valence-corrected chi connectivity index (χ2v) is 2.73. The minimum atomic E-state index is -0.317. The van der Waals surface area contributed by atoms with Gasteiger partial charge >= 0.3 is 0 Å². The van der Waals surface area contributed by atoms with Gasteiger partial charge in [0, 0.05) is 5.69 Å². The highest BCUT2D eigenvalue weighted by atomic mass is 79.9. The average molecular weight is 228 g/mol. The lowest BCUT2D eigenvalue weighted by molar-refractivity contribution is 0.627. The van der Waals surface area contributed by atoms with E-state index in [4.69, 9.17) is 5.73 Å². The van der Waals surface area contributed by atoms with E-state index in [2.05, 4.69) is 27.8 Å². The van der Waals surface area contributed by atoms with Crippen molar-refractivity contribution in [1.29, 1.82) is 0 Å². The van der Waals surface area contributed by atoms with Crippen LogP contribution in [0.3, 0.4) is 0 Å². The molecule has 12 heavy (non-hydrogen) atoms. The standard InChI is InChI=1S/C9H7BrFN/c10-5-1-2-7-6-8(11)3-4-9(7)12/h3-4,6H,5,12H2. The quantitative estimate of drug-likeness (QED) is 0.411. The van der Waals surface area contributed by atoms with Crippen molar-refractivity contribution in [1.82, 2.24) is 0 Å². The Bertz CT molecular complexity index is 338. The van der Waals surface area contributed by atoms with Crippen molar-refractivity contribution in [2.24, 2.45) is 0 Å². The third-order valence-corrected chi connectivity index (χ3v) is 1.59. The molecule has 1 aromatic carbocycles. The normalized spacial score (nSPS) is 8.83. The van der Waals surface area contributed by atoms with Crippen LogP contribution in [0.15, 0.2) is 18.2 Å². The Morgan fingerprint density at radius 3 is 2.92 bits per heavy atom. The van der Waals surface area contributed by atoms with Crippen LogP contribution in [0.5, 0.6) is 0 Å². The summed E-state index contributed by atoms with van der Waals surface area (Å²) in [7, 11) is 0. The van der Waals surface area contributed by atoms with E-state index in [1.807, 2.05) is 0 Å². The molecule has 0 bridgehead atoms. The largest absolute Gasteiger partial charge is 0.398 e. The van der Waals surface area contributed by atoms with Crippen LogP contribution in [0.1, 0.15) is 5.56 Å². The Morgan fingerprint density at radius 1 is 1.50 bits per heavy atom.